The Morgan fingerprint density at radius 3 is 2.29 bits per heavy atom. The summed E-state index contributed by atoms with van der Waals surface area (Å²) < 4.78 is 61.4. The molecule has 1 aromatic rings. The van der Waals surface area contributed by atoms with Crippen LogP contribution in [0.4, 0.5) is 22.0 Å². The maximum Gasteiger partial charge on any atom is 0.417 e. The van der Waals surface area contributed by atoms with Gasteiger partial charge in [0.15, 0.2) is 0 Å². The fourth-order valence-corrected chi connectivity index (χ4v) is 1.65. The van der Waals surface area contributed by atoms with Crippen LogP contribution >= 0.6 is 15.9 Å². The molecule has 94 valence electrons. The van der Waals surface area contributed by atoms with Crippen molar-refractivity contribution < 1.29 is 31.9 Å². The molecule has 1 aromatic heterocycles. The van der Waals surface area contributed by atoms with Gasteiger partial charge in [-0.3, -0.25) is 0 Å². The second-order valence-electron chi connectivity index (χ2n) is 2.86. The van der Waals surface area contributed by atoms with Crippen LogP contribution in [-0.4, -0.2) is 16.1 Å². The monoisotopic (exact) mass is 319 g/mol. The van der Waals surface area contributed by atoms with Gasteiger partial charge in [0.2, 0.25) is 0 Å². The molecule has 0 radical (unpaired) electrons. The normalized spacial score (nSPS) is 11.9. The molecule has 0 aliphatic carbocycles. The number of hydrogen-bond acceptors (Lipinski definition) is 2. The summed E-state index contributed by atoms with van der Waals surface area (Å²) in [6, 6.07) is 0.0780. The molecule has 0 aromatic carbocycles. The van der Waals surface area contributed by atoms with Gasteiger partial charge in [0.1, 0.15) is 10.3 Å². The third-order valence-corrected chi connectivity index (χ3v) is 2.36. The number of aromatic nitrogens is 1. The number of carboxylic acid groups (broad SMARTS) is 1. The van der Waals surface area contributed by atoms with E-state index >= 15 is 0 Å². The minimum atomic E-state index is -5.08. The molecule has 0 atom stereocenters. The van der Waals surface area contributed by atoms with Crippen molar-refractivity contribution in [3.63, 3.8) is 0 Å². The van der Waals surface area contributed by atoms with E-state index in [-0.39, 0.29) is 6.07 Å². The maximum atomic E-state index is 12.5. The molecule has 0 saturated heterocycles. The molecule has 1 N–H and O–H groups in total. The lowest BCUT2D eigenvalue weighted by atomic mass is 10.1. The first-order chi connectivity index (χ1) is 7.64. The smallest absolute Gasteiger partial charge is 0.417 e. The largest absolute Gasteiger partial charge is 0.477 e. The van der Waals surface area contributed by atoms with Gasteiger partial charge in [-0.1, -0.05) is 0 Å². The number of aromatic carboxylic acids is 1. The SMILES string of the molecule is O=C(O)c1cc(C(F)(F)F)c(C(F)F)c(Br)n1. The average Bonchev–Trinajstić information content (AvgIpc) is 2.14. The molecule has 0 spiro atoms. The second kappa shape index (κ2) is 4.55. The van der Waals surface area contributed by atoms with Crippen molar-refractivity contribution in [2.45, 2.75) is 12.6 Å². The van der Waals surface area contributed by atoms with Gasteiger partial charge in [-0.05, 0) is 22.0 Å². The Bertz CT molecular complexity index is 460. The van der Waals surface area contributed by atoms with E-state index in [9.17, 15) is 26.7 Å². The Kier molecular flexibility index (Phi) is 3.70. The summed E-state index contributed by atoms with van der Waals surface area (Å²) in [4.78, 5) is 13.6. The highest BCUT2D eigenvalue weighted by Gasteiger charge is 2.38. The highest BCUT2D eigenvalue weighted by molar-refractivity contribution is 9.10. The Balaban J connectivity index is 3.57. The molecule has 3 nitrogen and oxygen atoms in total. The van der Waals surface area contributed by atoms with E-state index < -0.39 is 40.0 Å². The van der Waals surface area contributed by atoms with Crippen LogP contribution in [0.25, 0.3) is 0 Å². The predicted octanol–water partition coefficient (Wildman–Crippen LogP) is 3.50. The molecule has 0 aliphatic rings. The predicted molar refractivity (Wildman–Crippen MR) is 48.9 cm³/mol. The van der Waals surface area contributed by atoms with Crippen LogP contribution in [0.5, 0.6) is 0 Å². The van der Waals surface area contributed by atoms with Gasteiger partial charge in [-0.2, -0.15) is 13.2 Å². The lowest BCUT2D eigenvalue weighted by Gasteiger charge is -2.14. The maximum absolute atomic E-state index is 12.5. The Morgan fingerprint density at radius 2 is 1.94 bits per heavy atom. The number of hydrogen-bond donors (Lipinski definition) is 1. The van der Waals surface area contributed by atoms with Crippen LogP contribution in [0.2, 0.25) is 0 Å². The van der Waals surface area contributed by atoms with Gasteiger partial charge in [0.25, 0.3) is 6.43 Å². The molecule has 0 amide bonds. The van der Waals surface area contributed by atoms with Crippen LogP contribution < -0.4 is 0 Å². The molecule has 1 rings (SSSR count). The standard InChI is InChI=1S/C8H3BrF5NO2/c9-5-4(6(10)11)2(8(12,13)14)1-3(15-5)7(16)17/h1,6H,(H,16,17). The summed E-state index contributed by atoms with van der Waals surface area (Å²) in [7, 11) is 0. The Labute approximate surface area is 99.4 Å². The van der Waals surface area contributed by atoms with Gasteiger partial charge in [0, 0.05) is 0 Å². The zero-order chi connectivity index (χ0) is 13.4. The summed E-state index contributed by atoms with van der Waals surface area (Å²) in [6.45, 7) is 0. The highest BCUT2D eigenvalue weighted by Crippen LogP contribution is 2.39. The molecule has 0 unspecified atom stereocenters. The summed E-state index contributed by atoms with van der Waals surface area (Å²) in [5.74, 6) is -1.74. The number of pyridine rings is 1. The third kappa shape index (κ3) is 2.90. The highest BCUT2D eigenvalue weighted by atomic mass is 79.9. The van der Waals surface area contributed by atoms with Gasteiger partial charge in [0.05, 0.1) is 11.1 Å². The number of carbonyl (C=O) groups is 1. The van der Waals surface area contributed by atoms with Gasteiger partial charge >= 0.3 is 12.1 Å². The molecule has 17 heavy (non-hydrogen) atoms. The Morgan fingerprint density at radius 1 is 1.41 bits per heavy atom. The van der Waals surface area contributed by atoms with Crippen LogP contribution in [-0.2, 0) is 6.18 Å². The topological polar surface area (TPSA) is 50.2 Å². The summed E-state index contributed by atoms with van der Waals surface area (Å²) in [6.07, 6.45) is -8.50. The van der Waals surface area contributed by atoms with E-state index in [1.165, 1.54) is 0 Å². The first-order valence-electron chi connectivity index (χ1n) is 3.93. The van der Waals surface area contributed by atoms with Crippen molar-refractivity contribution >= 4 is 21.9 Å². The Hall–Kier alpha value is -1.25. The van der Waals surface area contributed by atoms with Crippen LogP contribution in [0.1, 0.15) is 28.0 Å². The van der Waals surface area contributed by atoms with E-state index in [2.05, 4.69) is 20.9 Å². The quantitative estimate of drug-likeness (QED) is 0.670. The van der Waals surface area contributed by atoms with Crippen LogP contribution in [0.15, 0.2) is 10.7 Å². The number of nitrogens with zero attached hydrogens (tertiary/aromatic N) is 1. The van der Waals surface area contributed by atoms with E-state index in [0.29, 0.717) is 0 Å². The van der Waals surface area contributed by atoms with Gasteiger partial charge < -0.3 is 5.11 Å². The average molecular weight is 320 g/mol. The summed E-state index contributed by atoms with van der Waals surface area (Å²) in [5.41, 5.74) is -4.05. The lowest BCUT2D eigenvalue weighted by Crippen LogP contribution is -2.14. The molecular weight excluding hydrogens is 317 g/mol. The first-order valence-corrected chi connectivity index (χ1v) is 4.73. The molecular formula is C8H3BrF5NO2. The minimum Gasteiger partial charge on any atom is -0.477 e. The molecule has 0 bridgehead atoms. The fourth-order valence-electron chi connectivity index (χ4n) is 1.08. The number of alkyl halides is 5. The minimum absolute atomic E-state index is 0.0780. The zero-order valence-electron chi connectivity index (χ0n) is 7.73. The van der Waals surface area contributed by atoms with E-state index in [1.54, 1.807) is 0 Å². The van der Waals surface area contributed by atoms with Crippen molar-refractivity contribution in [2.24, 2.45) is 0 Å². The molecule has 0 aliphatic heterocycles. The van der Waals surface area contributed by atoms with E-state index in [0.717, 1.165) is 0 Å². The van der Waals surface area contributed by atoms with Crippen molar-refractivity contribution in [1.29, 1.82) is 0 Å². The zero-order valence-corrected chi connectivity index (χ0v) is 9.31. The summed E-state index contributed by atoms with van der Waals surface area (Å²) in [5, 5.41) is 8.49. The van der Waals surface area contributed by atoms with Gasteiger partial charge in [-0.15, -0.1) is 0 Å². The van der Waals surface area contributed by atoms with Crippen molar-refractivity contribution in [2.75, 3.05) is 0 Å². The van der Waals surface area contributed by atoms with Crippen LogP contribution in [0, 0.1) is 0 Å². The molecule has 0 fully saturated rings. The van der Waals surface area contributed by atoms with Gasteiger partial charge in [-0.25, -0.2) is 18.6 Å². The number of halogens is 6. The second-order valence-corrected chi connectivity index (χ2v) is 3.61. The fraction of sp³-hybridized carbons (Fsp3) is 0.250. The van der Waals surface area contributed by atoms with E-state index in [4.69, 9.17) is 5.11 Å². The van der Waals surface area contributed by atoms with Crippen molar-refractivity contribution in [3.8, 4) is 0 Å². The number of rotatable bonds is 2. The first kappa shape index (κ1) is 13.8. The van der Waals surface area contributed by atoms with Crippen molar-refractivity contribution in [3.05, 3.63) is 27.5 Å². The third-order valence-electron chi connectivity index (χ3n) is 1.75. The summed E-state index contributed by atoms with van der Waals surface area (Å²) >= 11 is 2.40. The number of carboxylic acids is 1. The van der Waals surface area contributed by atoms with Crippen LogP contribution in [0.3, 0.4) is 0 Å². The molecule has 9 heteroatoms. The lowest BCUT2D eigenvalue weighted by molar-refractivity contribution is -0.139. The van der Waals surface area contributed by atoms with Crippen molar-refractivity contribution in [1.82, 2.24) is 4.98 Å². The molecule has 1 heterocycles. The molecule has 0 saturated carbocycles. The van der Waals surface area contributed by atoms with E-state index in [1.807, 2.05) is 0 Å².